The average molecular weight is 210 g/mol. The molecule has 1 N–H and O–H groups in total. The topological polar surface area (TPSA) is 49.4 Å². The standard InChI is InChI=1S/C11H18N2O2/c1-8-10(15)13(7-9(14)12-8)11(2)5-3-4-6-11/h8H,3-7H2,1-2H3,(H,12,14). The fraction of sp³-hybridized carbons (Fsp3) is 0.818. The highest BCUT2D eigenvalue weighted by atomic mass is 16.2. The summed E-state index contributed by atoms with van der Waals surface area (Å²) < 4.78 is 0. The first kappa shape index (κ1) is 10.5. The Labute approximate surface area is 90.0 Å². The van der Waals surface area contributed by atoms with Crippen LogP contribution in [0.4, 0.5) is 0 Å². The van der Waals surface area contributed by atoms with E-state index in [4.69, 9.17) is 0 Å². The Morgan fingerprint density at radius 2 is 1.93 bits per heavy atom. The van der Waals surface area contributed by atoms with Gasteiger partial charge in [-0.15, -0.1) is 0 Å². The third kappa shape index (κ3) is 1.73. The monoisotopic (exact) mass is 210 g/mol. The lowest BCUT2D eigenvalue weighted by Gasteiger charge is -2.42. The van der Waals surface area contributed by atoms with Crippen LogP contribution in [0, 0.1) is 0 Å². The van der Waals surface area contributed by atoms with E-state index in [1.54, 1.807) is 11.8 Å². The highest BCUT2D eigenvalue weighted by Crippen LogP contribution is 2.35. The van der Waals surface area contributed by atoms with Gasteiger partial charge in [-0.05, 0) is 26.7 Å². The summed E-state index contributed by atoms with van der Waals surface area (Å²) in [6.07, 6.45) is 4.38. The third-order valence-electron chi connectivity index (χ3n) is 3.65. The molecule has 2 amide bonds. The maximum atomic E-state index is 12.0. The lowest BCUT2D eigenvalue weighted by atomic mass is 9.95. The van der Waals surface area contributed by atoms with Gasteiger partial charge < -0.3 is 10.2 Å². The second-order valence-corrected chi connectivity index (χ2v) is 4.92. The summed E-state index contributed by atoms with van der Waals surface area (Å²) in [6.45, 7) is 4.09. The highest BCUT2D eigenvalue weighted by Gasteiger charge is 2.42. The van der Waals surface area contributed by atoms with Crippen LogP contribution in [0.2, 0.25) is 0 Å². The number of hydrogen-bond donors (Lipinski definition) is 1. The van der Waals surface area contributed by atoms with Crippen molar-refractivity contribution in [1.29, 1.82) is 0 Å². The number of carbonyl (C=O) groups is 2. The number of carbonyl (C=O) groups excluding carboxylic acids is 2. The van der Waals surface area contributed by atoms with E-state index in [1.807, 2.05) is 0 Å². The van der Waals surface area contributed by atoms with Gasteiger partial charge in [0.15, 0.2) is 0 Å². The zero-order valence-electron chi connectivity index (χ0n) is 9.38. The second kappa shape index (κ2) is 3.51. The van der Waals surface area contributed by atoms with Gasteiger partial charge in [-0.3, -0.25) is 9.59 Å². The molecule has 0 bridgehead atoms. The van der Waals surface area contributed by atoms with E-state index in [2.05, 4.69) is 12.2 Å². The molecule has 0 spiro atoms. The van der Waals surface area contributed by atoms with E-state index in [1.165, 1.54) is 0 Å². The molecule has 2 aliphatic rings. The molecule has 4 heteroatoms. The molecule has 1 saturated carbocycles. The van der Waals surface area contributed by atoms with Crippen molar-refractivity contribution in [3.8, 4) is 0 Å². The molecule has 0 aromatic rings. The number of piperazine rings is 1. The van der Waals surface area contributed by atoms with E-state index in [0.717, 1.165) is 25.7 Å². The van der Waals surface area contributed by atoms with Crippen LogP contribution in [0.25, 0.3) is 0 Å². The molecule has 0 aromatic heterocycles. The largest absolute Gasteiger partial charge is 0.343 e. The van der Waals surface area contributed by atoms with Gasteiger partial charge in [0.2, 0.25) is 11.8 Å². The predicted octanol–water partition coefficient (Wildman–Crippen LogP) is 0.666. The van der Waals surface area contributed by atoms with E-state index in [-0.39, 0.29) is 29.9 Å². The zero-order chi connectivity index (χ0) is 11.1. The van der Waals surface area contributed by atoms with E-state index in [9.17, 15) is 9.59 Å². The molecule has 1 aliphatic carbocycles. The molecular formula is C11H18N2O2. The Hall–Kier alpha value is -1.06. The Kier molecular flexibility index (Phi) is 2.44. The number of hydrogen-bond acceptors (Lipinski definition) is 2. The predicted molar refractivity (Wildman–Crippen MR) is 56.2 cm³/mol. The van der Waals surface area contributed by atoms with Gasteiger partial charge in [0.1, 0.15) is 12.6 Å². The second-order valence-electron chi connectivity index (χ2n) is 4.92. The van der Waals surface area contributed by atoms with Crippen LogP contribution in [0.5, 0.6) is 0 Å². The van der Waals surface area contributed by atoms with Crippen molar-refractivity contribution >= 4 is 11.8 Å². The molecule has 1 aliphatic heterocycles. The molecule has 15 heavy (non-hydrogen) atoms. The van der Waals surface area contributed by atoms with Gasteiger partial charge in [-0.2, -0.15) is 0 Å². The first-order chi connectivity index (χ1) is 7.03. The molecule has 2 rings (SSSR count). The van der Waals surface area contributed by atoms with Gasteiger partial charge in [-0.25, -0.2) is 0 Å². The number of rotatable bonds is 1. The molecule has 84 valence electrons. The van der Waals surface area contributed by atoms with E-state index >= 15 is 0 Å². The van der Waals surface area contributed by atoms with Gasteiger partial charge in [-0.1, -0.05) is 12.8 Å². The maximum Gasteiger partial charge on any atom is 0.245 e. The van der Waals surface area contributed by atoms with Crippen LogP contribution < -0.4 is 5.32 Å². The lowest BCUT2D eigenvalue weighted by Crippen LogP contribution is -2.62. The van der Waals surface area contributed by atoms with Crippen LogP contribution in [-0.2, 0) is 9.59 Å². The Bertz CT molecular complexity index is 295. The fourth-order valence-electron chi connectivity index (χ4n) is 2.67. The summed E-state index contributed by atoms with van der Waals surface area (Å²) in [7, 11) is 0. The maximum absolute atomic E-state index is 12.0. The quantitative estimate of drug-likeness (QED) is 0.691. The summed E-state index contributed by atoms with van der Waals surface area (Å²) in [4.78, 5) is 25.2. The van der Waals surface area contributed by atoms with Gasteiger partial charge in [0.05, 0.1) is 0 Å². The van der Waals surface area contributed by atoms with Crippen molar-refractivity contribution in [1.82, 2.24) is 10.2 Å². The summed E-state index contributed by atoms with van der Waals surface area (Å²) >= 11 is 0. The molecule has 1 unspecified atom stereocenters. The molecule has 1 saturated heterocycles. The molecule has 1 heterocycles. The van der Waals surface area contributed by atoms with Gasteiger partial charge >= 0.3 is 0 Å². The minimum atomic E-state index is -0.358. The molecule has 2 fully saturated rings. The lowest BCUT2D eigenvalue weighted by molar-refractivity contribution is -0.149. The summed E-state index contributed by atoms with van der Waals surface area (Å²) in [5.74, 6) is 0.0363. The molecule has 4 nitrogen and oxygen atoms in total. The summed E-state index contributed by atoms with van der Waals surface area (Å²) in [6, 6.07) is -0.358. The van der Waals surface area contributed by atoms with Crippen LogP contribution in [-0.4, -0.2) is 34.8 Å². The zero-order valence-corrected chi connectivity index (χ0v) is 9.38. The normalized spacial score (nSPS) is 30.5. The van der Waals surface area contributed by atoms with E-state index < -0.39 is 0 Å². The number of nitrogens with zero attached hydrogens (tertiary/aromatic N) is 1. The van der Waals surface area contributed by atoms with Crippen molar-refractivity contribution < 1.29 is 9.59 Å². The van der Waals surface area contributed by atoms with Crippen LogP contribution in [0.3, 0.4) is 0 Å². The minimum absolute atomic E-state index is 0.0322. The van der Waals surface area contributed by atoms with Crippen LogP contribution in [0.1, 0.15) is 39.5 Å². The minimum Gasteiger partial charge on any atom is -0.343 e. The van der Waals surface area contributed by atoms with Gasteiger partial charge in [0, 0.05) is 5.54 Å². The summed E-state index contributed by atoms with van der Waals surface area (Å²) in [5, 5.41) is 2.67. The van der Waals surface area contributed by atoms with Crippen molar-refractivity contribution in [2.45, 2.75) is 51.1 Å². The van der Waals surface area contributed by atoms with E-state index in [0.29, 0.717) is 0 Å². The first-order valence-corrected chi connectivity index (χ1v) is 5.64. The van der Waals surface area contributed by atoms with Crippen LogP contribution >= 0.6 is 0 Å². The molecule has 1 atom stereocenters. The Morgan fingerprint density at radius 3 is 2.53 bits per heavy atom. The number of amides is 2. The third-order valence-corrected chi connectivity index (χ3v) is 3.65. The van der Waals surface area contributed by atoms with Crippen molar-refractivity contribution in [3.05, 3.63) is 0 Å². The Balaban J connectivity index is 2.19. The fourth-order valence-corrected chi connectivity index (χ4v) is 2.67. The van der Waals surface area contributed by atoms with Crippen LogP contribution in [0.15, 0.2) is 0 Å². The highest BCUT2D eigenvalue weighted by molar-refractivity contribution is 5.95. The number of nitrogens with one attached hydrogen (secondary N) is 1. The smallest absolute Gasteiger partial charge is 0.245 e. The van der Waals surface area contributed by atoms with Crippen molar-refractivity contribution in [2.75, 3.05) is 6.54 Å². The summed E-state index contributed by atoms with van der Waals surface area (Å²) in [5.41, 5.74) is -0.0803. The SMILES string of the molecule is CC1NC(=O)CN(C2(C)CCCC2)C1=O. The van der Waals surface area contributed by atoms with Crippen molar-refractivity contribution in [2.24, 2.45) is 0 Å². The Morgan fingerprint density at radius 1 is 1.33 bits per heavy atom. The molecular weight excluding hydrogens is 192 g/mol. The van der Waals surface area contributed by atoms with Gasteiger partial charge in [0.25, 0.3) is 0 Å². The molecule has 0 radical (unpaired) electrons. The first-order valence-electron chi connectivity index (χ1n) is 5.64. The van der Waals surface area contributed by atoms with Crippen molar-refractivity contribution in [3.63, 3.8) is 0 Å². The average Bonchev–Trinajstić information content (AvgIpc) is 2.59. The molecule has 0 aromatic carbocycles.